The molecule has 20 heavy (non-hydrogen) atoms. The zero-order valence-electron chi connectivity index (χ0n) is 11.0. The molecule has 0 N–H and O–H groups in total. The molecule has 0 fully saturated rings. The van der Waals surface area contributed by atoms with Crippen LogP contribution in [0.5, 0.6) is 0 Å². The summed E-state index contributed by atoms with van der Waals surface area (Å²) in [7, 11) is -3.55. The third-order valence-electron chi connectivity index (χ3n) is 3.46. The molecule has 1 aromatic heterocycles. The monoisotopic (exact) mass is 355 g/mol. The fourth-order valence-corrected chi connectivity index (χ4v) is 4.53. The molecule has 0 amide bonds. The molecule has 0 saturated carbocycles. The van der Waals surface area contributed by atoms with Gasteiger partial charge in [0, 0.05) is 17.6 Å². The largest absolute Gasteiger partial charge is 0.320 e. The molecule has 2 heterocycles. The standard InChI is InChI=1S/C13H14BrN3O2S/c1-2-16-9-15-8-13(16)20(18,19)17-6-5-10-7-11(14)3-4-12(10)17/h3-4,7-9H,2,5-6H2,1H3. The van der Waals surface area contributed by atoms with E-state index in [0.29, 0.717) is 13.1 Å². The number of aryl methyl sites for hydroxylation is 1. The van der Waals surface area contributed by atoms with Crippen LogP contribution in [0.15, 0.2) is 40.2 Å². The van der Waals surface area contributed by atoms with Crippen LogP contribution in [-0.2, 0) is 23.0 Å². The zero-order valence-corrected chi connectivity index (χ0v) is 13.4. The number of sulfonamides is 1. The molecule has 5 nitrogen and oxygen atoms in total. The normalized spacial score (nSPS) is 14.6. The van der Waals surface area contributed by atoms with Gasteiger partial charge in [-0.25, -0.2) is 4.98 Å². The van der Waals surface area contributed by atoms with E-state index in [0.717, 1.165) is 22.1 Å². The summed E-state index contributed by atoms with van der Waals surface area (Å²) >= 11 is 3.41. The number of hydrogen-bond acceptors (Lipinski definition) is 3. The van der Waals surface area contributed by atoms with Crippen molar-refractivity contribution in [2.24, 2.45) is 0 Å². The van der Waals surface area contributed by atoms with Crippen molar-refractivity contribution in [3.63, 3.8) is 0 Å². The summed E-state index contributed by atoms with van der Waals surface area (Å²) in [6, 6.07) is 5.68. The second-order valence-corrected chi connectivity index (χ2v) is 7.34. The summed E-state index contributed by atoms with van der Waals surface area (Å²) < 4.78 is 29.6. The summed E-state index contributed by atoms with van der Waals surface area (Å²) in [5.74, 6) is 0. The molecule has 0 saturated heterocycles. The van der Waals surface area contributed by atoms with E-state index >= 15 is 0 Å². The Kier molecular flexibility index (Phi) is 3.33. The maximum atomic E-state index is 12.8. The summed E-state index contributed by atoms with van der Waals surface area (Å²) in [6.07, 6.45) is 3.69. The van der Waals surface area contributed by atoms with Crippen molar-refractivity contribution >= 4 is 31.6 Å². The first-order valence-electron chi connectivity index (χ1n) is 6.35. The molecule has 1 aromatic carbocycles. The summed E-state index contributed by atoms with van der Waals surface area (Å²) in [6.45, 7) is 2.95. The fourth-order valence-electron chi connectivity index (χ4n) is 2.46. The molecule has 1 aliphatic heterocycles. The van der Waals surface area contributed by atoms with Gasteiger partial charge in [0.05, 0.1) is 18.2 Å². The number of nitrogens with zero attached hydrogens (tertiary/aromatic N) is 3. The number of anilines is 1. The topological polar surface area (TPSA) is 55.2 Å². The van der Waals surface area contributed by atoms with E-state index in [-0.39, 0.29) is 5.03 Å². The lowest BCUT2D eigenvalue weighted by Crippen LogP contribution is -2.30. The predicted octanol–water partition coefficient (Wildman–Crippen LogP) is 2.42. The van der Waals surface area contributed by atoms with Crippen LogP contribution in [0.1, 0.15) is 12.5 Å². The van der Waals surface area contributed by atoms with Crippen molar-refractivity contribution in [1.82, 2.24) is 9.55 Å². The number of rotatable bonds is 3. The Morgan fingerprint density at radius 2 is 2.20 bits per heavy atom. The number of halogens is 1. The second-order valence-electron chi connectivity index (χ2n) is 4.62. The minimum Gasteiger partial charge on any atom is -0.320 e. The zero-order chi connectivity index (χ0) is 14.3. The molecular weight excluding hydrogens is 342 g/mol. The summed E-state index contributed by atoms with van der Waals surface area (Å²) in [4.78, 5) is 3.95. The Hall–Kier alpha value is -1.34. The first kappa shape index (κ1) is 13.6. The summed E-state index contributed by atoms with van der Waals surface area (Å²) in [5, 5.41) is 0.246. The first-order valence-corrected chi connectivity index (χ1v) is 8.58. The van der Waals surface area contributed by atoms with Crippen LogP contribution >= 0.6 is 15.9 Å². The van der Waals surface area contributed by atoms with E-state index in [1.54, 1.807) is 10.9 Å². The van der Waals surface area contributed by atoms with E-state index < -0.39 is 10.0 Å². The first-order chi connectivity index (χ1) is 9.54. The van der Waals surface area contributed by atoms with Gasteiger partial charge in [-0.15, -0.1) is 0 Å². The van der Waals surface area contributed by atoms with Crippen molar-refractivity contribution in [2.45, 2.75) is 24.9 Å². The van der Waals surface area contributed by atoms with Crippen LogP contribution in [0.25, 0.3) is 0 Å². The van der Waals surface area contributed by atoms with Gasteiger partial charge in [0.2, 0.25) is 0 Å². The van der Waals surface area contributed by atoms with Gasteiger partial charge in [0.15, 0.2) is 5.03 Å². The molecule has 0 unspecified atom stereocenters. The number of fused-ring (bicyclic) bond motifs is 1. The number of imidazole rings is 1. The molecule has 7 heteroatoms. The second kappa shape index (κ2) is 4.89. The molecular formula is C13H14BrN3O2S. The van der Waals surface area contributed by atoms with Gasteiger partial charge in [0.1, 0.15) is 0 Å². The van der Waals surface area contributed by atoms with Gasteiger partial charge in [-0.05, 0) is 37.1 Å². The van der Waals surface area contributed by atoms with Crippen molar-refractivity contribution in [1.29, 1.82) is 0 Å². The van der Waals surface area contributed by atoms with Crippen LogP contribution in [0.2, 0.25) is 0 Å². The van der Waals surface area contributed by atoms with Crippen LogP contribution in [0, 0.1) is 0 Å². The maximum Gasteiger partial charge on any atom is 0.281 e. The summed E-state index contributed by atoms with van der Waals surface area (Å²) in [5.41, 5.74) is 1.81. The Morgan fingerprint density at radius 1 is 1.40 bits per heavy atom. The van der Waals surface area contributed by atoms with Gasteiger partial charge in [-0.2, -0.15) is 8.42 Å². The lowest BCUT2D eigenvalue weighted by Gasteiger charge is -2.20. The molecule has 1 aliphatic rings. The fraction of sp³-hybridized carbons (Fsp3) is 0.308. The SMILES string of the molecule is CCn1cncc1S(=O)(=O)N1CCc2cc(Br)ccc21. The van der Waals surface area contributed by atoms with E-state index in [4.69, 9.17) is 0 Å². The van der Waals surface area contributed by atoms with Crippen LogP contribution in [0.3, 0.4) is 0 Å². The highest BCUT2D eigenvalue weighted by atomic mass is 79.9. The van der Waals surface area contributed by atoms with Crippen LogP contribution < -0.4 is 4.31 Å². The molecule has 0 spiro atoms. The minimum atomic E-state index is -3.55. The minimum absolute atomic E-state index is 0.246. The van der Waals surface area contributed by atoms with E-state index in [1.807, 2.05) is 25.1 Å². The molecule has 0 bridgehead atoms. The van der Waals surface area contributed by atoms with Gasteiger partial charge in [0.25, 0.3) is 10.0 Å². The molecule has 0 aliphatic carbocycles. The van der Waals surface area contributed by atoms with E-state index in [9.17, 15) is 8.42 Å². The van der Waals surface area contributed by atoms with Crippen LogP contribution in [-0.4, -0.2) is 24.5 Å². The average molecular weight is 356 g/mol. The van der Waals surface area contributed by atoms with Gasteiger partial charge in [-0.1, -0.05) is 15.9 Å². The van der Waals surface area contributed by atoms with Gasteiger partial charge >= 0.3 is 0 Å². The van der Waals surface area contributed by atoms with Crippen molar-refractivity contribution < 1.29 is 8.42 Å². The number of aromatic nitrogens is 2. The molecule has 0 radical (unpaired) electrons. The van der Waals surface area contributed by atoms with Crippen molar-refractivity contribution in [3.05, 3.63) is 40.8 Å². The maximum absolute atomic E-state index is 12.8. The quantitative estimate of drug-likeness (QED) is 0.849. The van der Waals surface area contributed by atoms with Crippen molar-refractivity contribution in [2.75, 3.05) is 10.8 Å². The number of benzene rings is 1. The lowest BCUT2D eigenvalue weighted by molar-refractivity contribution is 0.574. The smallest absolute Gasteiger partial charge is 0.281 e. The molecule has 0 atom stereocenters. The van der Waals surface area contributed by atoms with Gasteiger partial charge < -0.3 is 4.57 Å². The predicted molar refractivity (Wildman–Crippen MR) is 80.3 cm³/mol. The molecule has 2 aromatic rings. The van der Waals surface area contributed by atoms with E-state index in [1.165, 1.54) is 10.5 Å². The average Bonchev–Trinajstić information content (AvgIpc) is 3.04. The van der Waals surface area contributed by atoms with E-state index in [2.05, 4.69) is 20.9 Å². The van der Waals surface area contributed by atoms with Crippen molar-refractivity contribution in [3.8, 4) is 0 Å². The highest BCUT2D eigenvalue weighted by Gasteiger charge is 2.32. The number of hydrogen-bond donors (Lipinski definition) is 0. The Balaban J connectivity index is 2.07. The molecule has 3 rings (SSSR count). The lowest BCUT2D eigenvalue weighted by atomic mass is 10.2. The Labute approximate surface area is 126 Å². The third-order valence-corrected chi connectivity index (χ3v) is 5.78. The third kappa shape index (κ3) is 2.05. The Morgan fingerprint density at radius 3 is 2.95 bits per heavy atom. The van der Waals surface area contributed by atoms with Crippen LogP contribution in [0.4, 0.5) is 5.69 Å². The molecule has 106 valence electrons. The van der Waals surface area contributed by atoms with Gasteiger partial charge in [-0.3, -0.25) is 4.31 Å². The highest BCUT2D eigenvalue weighted by molar-refractivity contribution is 9.10. The highest BCUT2D eigenvalue weighted by Crippen LogP contribution is 2.34. The Bertz CT molecular complexity index is 755.